The van der Waals surface area contributed by atoms with Crippen LogP contribution in [0, 0.1) is 0 Å². The van der Waals surface area contributed by atoms with Crippen molar-refractivity contribution in [2.45, 2.75) is 18.3 Å². The highest BCUT2D eigenvalue weighted by molar-refractivity contribution is 5.75. The number of nitrogens with zero attached hydrogens (tertiary/aromatic N) is 3. The van der Waals surface area contributed by atoms with Gasteiger partial charge in [0.1, 0.15) is 24.6 Å². The molecular weight excluding hydrogens is 378 g/mol. The number of aliphatic hydroxyl groups excluding tert-OH is 2. The SMILES string of the molecule is [N-]=[N+]=NCCOCCOCCOc1ccc2c(c1O)C(O)C(O)C(C(=O)O)O2. The van der Waals surface area contributed by atoms with Crippen molar-refractivity contribution in [1.82, 2.24) is 0 Å². The number of ether oxygens (including phenoxy) is 4. The van der Waals surface area contributed by atoms with Gasteiger partial charge in [-0.3, -0.25) is 0 Å². The lowest BCUT2D eigenvalue weighted by Crippen LogP contribution is -2.45. The Balaban J connectivity index is 1.81. The fraction of sp³-hybridized carbons (Fsp3) is 0.562. The van der Waals surface area contributed by atoms with Crippen molar-refractivity contribution in [2.75, 3.05) is 39.6 Å². The van der Waals surface area contributed by atoms with Crippen molar-refractivity contribution >= 4 is 5.97 Å². The van der Waals surface area contributed by atoms with Crippen molar-refractivity contribution in [3.05, 3.63) is 28.1 Å². The van der Waals surface area contributed by atoms with E-state index in [1.165, 1.54) is 12.1 Å². The average molecular weight is 399 g/mol. The van der Waals surface area contributed by atoms with Gasteiger partial charge in [-0.15, -0.1) is 0 Å². The van der Waals surface area contributed by atoms with E-state index in [0.29, 0.717) is 19.8 Å². The van der Waals surface area contributed by atoms with E-state index in [9.17, 15) is 20.1 Å². The van der Waals surface area contributed by atoms with Gasteiger partial charge in [-0.25, -0.2) is 4.79 Å². The number of phenolic OH excluding ortho intramolecular Hbond substituents is 1. The van der Waals surface area contributed by atoms with Crippen LogP contribution in [0.4, 0.5) is 0 Å². The normalized spacial score (nSPS) is 20.6. The summed E-state index contributed by atoms with van der Waals surface area (Å²) in [5.74, 6) is -1.91. The molecule has 1 aliphatic heterocycles. The molecule has 12 nitrogen and oxygen atoms in total. The van der Waals surface area contributed by atoms with Gasteiger partial charge in [0.05, 0.1) is 32.0 Å². The van der Waals surface area contributed by atoms with Crippen LogP contribution in [0.3, 0.4) is 0 Å². The predicted octanol–water partition coefficient (Wildman–Crippen LogP) is 0.354. The molecule has 0 aromatic heterocycles. The van der Waals surface area contributed by atoms with Crippen LogP contribution in [0.25, 0.3) is 10.4 Å². The number of phenols is 1. The summed E-state index contributed by atoms with van der Waals surface area (Å²) in [6.07, 6.45) is -5.03. The van der Waals surface area contributed by atoms with Crippen LogP contribution >= 0.6 is 0 Å². The molecule has 0 amide bonds. The standard InChI is InChI=1S/C16H21N3O9/c17-19-18-3-4-25-5-6-26-7-8-27-10-2-1-9-11(12(10)20)13(21)14(22)15(28-9)16(23)24/h1-2,13-15,20-22H,3-8H2,(H,23,24). The average Bonchev–Trinajstić information content (AvgIpc) is 2.67. The van der Waals surface area contributed by atoms with E-state index in [1.807, 2.05) is 0 Å². The van der Waals surface area contributed by atoms with E-state index in [0.717, 1.165) is 0 Å². The maximum Gasteiger partial charge on any atom is 0.347 e. The summed E-state index contributed by atoms with van der Waals surface area (Å²) in [4.78, 5) is 13.7. The molecule has 0 spiro atoms. The van der Waals surface area contributed by atoms with Crippen molar-refractivity contribution < 1.29 is 44.2 Å². The molecule has 1 heterocycles. The van der Waals surface area contributed by atoms with Gasteiger partial charge in [0.15, 0.2) is 11.5 Å². The quantitative estimate of drug-likeness (QED) is 0.176. The zero-order chi connectivity index (χ0) is 20.5. The Kier molecular flexibility index (Phi) is 8.11. The van der Waals surface area contributed by atoms with Crippen molar-refractivity contribution in [3.8, 4) is 17.2 Å². The lowest BCUT2D eigenvalue weighted by molar-refractivity contribution is -0.158. The molecule has 1 aromatic rings. The maximum atomic E-state index is 11.1. The Morgan fingerprint density at radius 2 is 1.86 bits per heavy atom. The van der Waals surface area contributed by atoms with Crippen LogP contribution in [0.15, 0.2) is 17.2 Å². The zero-order valence-corrected chi connectivity index (χ0v) is 14.8. The minimum atomic E-state index is -1.74. The number of carboxylic acid groups (broad SMARTS) is 1. The van der Waals surface area contributed by atoms with Gasteiger partial charge in [-0.1, -0.05) is 5.11 Å². The number of aliphatic hydroxyl groups is 2. The Morgan fingerprint density at radius 3 is 2.54 bits per heavy atom. The molecule has 0 aliphatic carbocycles. The topological polar surface area (TPSA) is 184 Å². The number of hydrogen-bond acceptors (Lipinski definition) is 9. The van der Waals surface area contributed by atoms with E-state index < -0.39 is 30.0 Å². The first kappa shape index (κ1) is 21.5. The van der Waals surface area contributed by atoms with E-state index in [2.05, 4.69) is 10.0 Å². The van der Waals surface area contributed by atoms with Gasteiger partial charge < -0.3 is 39.4 Å². The van der Waals surface area contributed by atoms with Crippen LogP contribution in [0.1, 0.15) is 11.7 Å². The van der Waals surface area contributed by atoms with Gasteiger partial charge in [0.25, 0.3) is 0 Å². The number of rotatable bonds is 11. The van der Waals surface area contributed by atoms with Crippen LogP contribution in [-0.4, -0.2) is 78.2 Å². The second-order valence-corrected chi connectivity index (χ2v) is 5.66. The highest BCUT2D eigenvalue weighted by Gasteiger charge is 2.42. The molecular formula is C16H21N3O9. The Hall–Kier alpha value is -2.76. The van der Waals surface area contributed by atoms with Crippen molar-refractivity contribution in [3.63, 3.8) is 0 Å². The second kappa shape index (κ2) is 10.5. The molecule has 12 heteroatoms. The molecule has 3 atom stereocenters. The van der Waals surface area contributed by atoms with Gasteiger partial charge in [-0.2, -0.15) is 0 Å². The third kappa shape index (κ3) is 5.38. The lowest BCUT2D eigenvalue weighted by Gasteiger charge is -2.32. The minimum absolute atomic E-state index is 0.0246. The number of carboxylic acids is 1. The van der Waals surface area contributed by atoms with Crippen LogP contribution in [0.5, 0.6) is 17.2 Å². The fourth-order valence-electron chi connectivity index (χ4n) is 2.50. The maximum absolute atomic E-state index is 11.1. The number of fused-ring (bicyclic) bond motifs is 1. The third-order valence-corrected chi connectivity index (χ3v) is 3.82. The van der Waals surface area contributed by atoms with Gasteiger partial charge >= 0.3 is 5.97 Å². The van der Waals surface area contributed by atoms with Crippen molar-refractivity contribution in [1.29, 1.82) is 0 Å². The number of aromatic hydroxyl groups is 1. The molecule has 1 aromatic carbocycles. The van der Waals surface area contributed by atoms with Gasteiger partial charge in [0.2, 0.25) is 6.10 Å². The Bertz CT molecular complexity index is 724. The summed E-state index contributed by atoms with van der Waals surface area (Å²) >= 11 is 0. The minimum Gasteiger partial charge on any atom is -0.504 e. The van der Waals surface area contributed by atoms with Crippen LogP contribution in [-0.2, 0) is 14.3 Å². The Labute approximate surface area is 159 Å². The molecule has 0 saturated carbocycles. The number of carbonyl (C=O) groups is 1. The molecule has 3 unspecified atom stereocenters. The number of aliphatic carboxylic acids is 1. The first-order valence-corrected chi connectivity index (χ1v) is 8.38. The molecule has 154 valence electrons. The number of hydrogen-bond donors (Lipinski definition) is 4. The summed E-state index contributed by atoms with van der Waals surface area (Å²) < 4.78 is 20.9. The summed E-state index contributed by atoms with van der Waals surface area (Å²) in [6.45, 7) is 1.43. The van der Waals surface area contributed by atoms with E-state index in [1.54, 1.807) is 0 Å². The second-order valence-electron chi connectivity index (χ2n) is 5.66. The molecule has 0 fully saturated rings. The predicted molar refractivity (Wildman–Crippen MR) is 92.3 cm³/mol. The fourth-order valence-corrected chi connectivity index (χ4v) is 2.50. The van der Waals surface area contributed by atoms with Gasteiger partial charge in [-0.05, 0) is 17.7 Å². The number of benzene rings is 1. The molecule has 1 aliphatic rings. The van der Waals surface area contributed by atoms with Crippen LogP contribution in [0.2, 0.25) is 0 Å². The van der Waals surface area contributed by atoms with Crippen LogP contribution < -0.4 is 9.47 Å². The first-order chi connectivity index (χ1) is 13.5. The zero-order valence-electron chi connectivity index (χ0n) is 14.8. The summed E-state index contributed by atoms with van der Waals surface area (Å²) in [7, 11) is 0. The summed E-state index contributed by atoms with van der Waals surface area (Å²) in [5.41, 5.74) is 7.95. The Morgan fingerprint density at radius 1 is 1.18 bits per heavy atom. The monoisotopic (exact) mass is 399 g/mol. The largest absolute Gasteiger partial charge is 0.504 e. The van der Waals surface area contributed by atoms with Crippen molar-refractivity contribution in [2.24, 2.45) is 5.11 Å². The molecule has 0 radical (unpaired) electrons. The van der Waals surface area contributed by atoms with E-state index in [4.69, 9.17) is 29.6 Å². The molecule has 2 rings (SSSR count). The first-order valence-electron chi connectivity index (χ1n) is 8.38. The molecule has 4 N–H and O–H groups in total. The summed E-state index contributed by atoms with van der Waals surface area (Å²) in [5, 5.41) is 42.6. The van der Waals surface area contributed by atoms with E-state index >= 15 is 0 Å². The van der Waals surface area contributed by atoms with E-state index in [-0.39, 0.29) is 36.8 Å². The molecule has 0 saturated heterocycles. The highest BCUT2D eigenvalue weighted by atomic mass is 16.5. The molecule has 0 bridgehead atoms. The third-order valence-electron chi connectivity index (χ3n) is 3.82. The van der Waals surface area contributed by atoms with Gasteiger partial charge in [0, 0.05) is 11.5 Å². The smallest absolute Gasteiger partial charge is 0.347 e. The summed E-state index contributed by atoms with van der Waals surface area (Å²) in [6, 6.07) is 2.70. The highest BCUT2D eigenvalue weighted by Crippen LogP contribution is 2.45. The number of azide groups is 1. The lowest BCUT2D eigenvalue weighted by atomic mass is 9.95. The molecule has 28 heavy (non-hydrogen) atoms.